The number of aromatic amines is 1. The zero-order chi connectivity index (χ0) is 24.6. The molecule has 1 saturated carbocycles. The highest BCUT2D eigenvalue weighted by atomic mass is 16.7. The molecule has 9 nitrogen and oxygen atoms in total. The van der Waals surface area contributed by atoms with Gasteiger partial charge in [0.2, 0.25) is 6.79 Å². The number of tetrazole rings is 1. The monoisotopic (exact) mass is 480 g/mol. The van der Waals surface area contributed by atoms with E-state index in [1.807, 2.05) is 22.9 Å². The molecule has 2 aromatic heterocycles. The number of nitrogens with one attached hydrogen (secondary N) is 1. The Kier molecular flexibility index (Phi) is 6.53. The Balaban J connectivity index is 1.56. The largest absolute Gasteiger partial charge is 0.454 e. The summed E-state index contributed by atoms with van der Waals surface area (Å²) >= 11 is 0. The van der Waals surface area contributed by atoms with Crippen LogP contribution in [0, 0.1) is 0 Å². The van der Waals surface area contributed by atoms with Gasteiger partial charge in [0.05, 0.1) is 17.1 Å². The summed E-state index contributed by atoms with van der Waals surface area (Å²) in [7, 11) is 0. The summed E-state index contributed by atoms with van der Waals surface area (Å²) in [5.74, 6) is 2.26. The van der Waals surface area contributed by atoms with E-state index in [1.165, 1.54) is 19.3 Å². The molecule has 0 spiro atoms. The second-order valence-electron chi connectivity index (χ2n) is 10.8. The molecule has 1 aliphatic carbocycles. The Morgan fingerprint density at radius 3 is 2.60 bits per heavy atom. The Labute approximate surface area is 205 Å². The van der Waals surface area contributed by atoms with Crippen LogP contribution < -0.4 is 15.0 Å². The molecule has 2 aliphatic rings. The van der Waals surface area contributed by atoms with Gasteiger partial charge in [-0.3, -0.25) is 9.69 Å². The number of benzene rings is 1. The smallest absolute Gasteiger partial charge is 0.252 e. The molecule has 0 radical (unpaired) electrons. The third kappa shape index (κ3) is 4.78. The number of hydrogen-bond acceptors (Lipinski definition) is 7. The summed E-state index contributed by atoms with van der Waals surface area (Å²) in [4.78, 5) is 18.8. The fraction of sp³-hybridized carbons (Fsp3) is 0.615. The number of nitrogens with zero attached hydrogens (tertiary/aromatic N) is 5. The first-order valence-electron chi connectivity index (χ1n) is 12.8. The standard InChI is InChI=1S/C26H36N6O3/c1-5-9-21(24-28-29-30-32(24)26(2,3)4)31(19-10-7-6-8-11-19)15-18-12-17-13-22-23(35-16-34-22)14-20(17)27-25(18)33/h12-14,19,21H,5-11,15-16H2,1-4H3,(H,27,33). The molecule has 1 atom stereocenters. The lowest BCUT2D eigenvalue weighted by Gasteiger charge is -2.40. The Hall–Kier alpha value is -2.94. The molecule has 1 aromatic carbocycles. The first-order chi connectivity index (χ1) is 16.8. The molecule has 3 heterocycles. The zero-order valence-electron chi connectivity index (χ0n) is 21.2. The van der Waals surface area contributed by atoms with E-state index in [0.29, 0.717) is 24.1 Å². The molecule has 35 heavy (non-hydrogen) atoms. The van der Waals surface area contributed by atoms with Crippen LogP contribution in [0.15, 0.2) is 23.0 Å². The maximum Gasteiger partial charge on any atom is 0.252 e. The minimum Gasteiger partial charge on any atom is -0.454 e. The number of hydrogen-bond donors (Lipinski definition) is 1. The van der Waals surface area contributed by atoms with Gasteiger partial charge in [-0.1, -0.05) is 32.6 Å². The Bertz CT molecular complexity index is 1240. The number of fused-ring (bicyclic) bond motifs is 2. The van der Waals surface area contributed by atoms with Crippen LogP contribution in [0.5, 0.6) is 11.5 Å². The Morgan fingerprint density at radius 2 is 1.89 bits per heavy atom. The first kappa shape index (κ1) is 23.8. The van der Waals surface area contributed by atoms with Crippen molar-refractivity contribution in [2.45, 2.75) is 96.8 Å². The van der Waals surface area contributed by atoms with E-state index in [-0.39, 0.29) is 23.9 Å². The predicted octanol–water partition coefficient (Wildman–Crippen LogP) is 4.67. The summed E-state index contributed by atoms with van der Waals surface area (Å²) in [6, 6.07) is 6.22. The fourth-order valence-corrected chi connectivity index (χ4v) is 5.46. The maximum absolute atomic E-state index is 13.2. The van der Waals surface area contributed by atoms with Gasteiger partial charge in [-0.15, -0.1) is 5.10 Å². The summed E-state index contributed by atoms with van der Waals surface area (Å²) in [5, 5.41) is 13.9. The van der Waals surface area contributed by atoms with Crippen molar-refractivity contribution in [1.29, 1.82) is 0 Å². The van der Waals surface area contributed by atoms with Gasteiger partial charge in [-0.05, 0) is 62.6 Å². The van der Waals surface area contributed by atoms with Crippen molar-refractivity contribution in [1.82, 2.24) is 30.1 Å². The molecule has 0 bridgehead atoms. The molecule has 1 unspecified atom stereocenters. The lowest BCUT2D eigenvalue weighted by molar-refractivity contribution is 0.0779. The maximum atomic E-state index is 13.2. The quantitative estimate of drug-likeness (QED) is 0.524. The molecule has 0 amide bonds. The molecule has 1 aliphatic heterocycles. The first-order valence-corrected chi connectivity index (χ1v) is 12.8. The van der Waals surface area contributed by atoms with Crippen LogP contribution in [0.2, 0.25) is 0 Å². The van der Waals surface area contributed by atoms with Crippen LogP contribution in [-0.2, 0) is 12.1 Å². The topological polar surface area (TPSA) is 98.2 Å². The van der Waals surface area contributed by atoms with E-state index in [1.54, 1.807) is 0 Å². The van der Waals surface area contributed by atoms with Crippen molar-refractivity contribution >= 4 is 10.9 Å². The summed E-state index contributed by atoms with van der Waals surface area (Å²) in [5.41, 5.74) is 1.21. The van der Waals surface area contributed by atoms with Crippen LogP contribution in [0.4, 0.5) is 0 Å². The number of rotatable bonds is 7. The number of H-pyrrole nitrogens is 1. The SMILES string of the molecule is CCCC(c1nnnn1C(C)(C)C)N(Cc1cc2cc3c(cc2[nH]c1=O)OCO3)C1CCCCC1. The molecule has 188 valence electrons. The van der Waals surface area contributed by atoms with Crippen molar-refractivity contribution in [2.24, 2.45) is 0 Å². The molecule has 5 rings (SSSR count). The van der Waals surface area contributed by atoms with E-state index in [0.717, 1.165) is 48.0 Å². The lowest BCUT2D eigenvalue weighted by Crippen LogP contribution is -2.42. The van der Waals surface area contributed by atoms with Gasteiger partial charge in [-0.25, -0.2) is 4.68 Å². The zero-order valence-corrected chi connectivity index (χ0v) is 21.2. The number of ether oxygens (including phenoxy) is 2. The minimum atomic E-state index is -0.230. The third-order valence-electron chi connectivity index (χ3n) is 7.20. The van der Waals surface area contributed by atoms with Gasteiger partial charge < -0.3 is 14.5 Å². The van der Waals surface area contributed by atoms with Gasteiger partial charge in [0.25, 0.3) is 5.56 Å². The predicted molar refractivity (Wildman–Crippen MR) is 134 cm³/mol. The van der Waals surface area contributed by atoms with Gasteiger partial charge >= 0.3 is 0 Å². The third-order valence-corrected chi connectivity index (χ3v) is 7.20. The second-order valence-corrected chi connectivity index (χ2v) is 10.8. The van der Waals surface area contributed by atoms with E-state index >= 15 is 0 Å². The van der Waals surface area contributed by atoms with Crippen molar-refractivity contribution < 1.29 is 9.47 Å². The highest BCUT2D eigenvalue weighted by Crippen LogP contribution is 2.37. The molecule has 0 saturated heterocycles. The van der Waals surface area contributed by atoms with E-state index < -0.39 is 0 Å². The number of aromatic nitrogens is 5. The second kappa shape index (κ2) is 9.60. The molecular weight excluding hydrogens is 444 g/mol. The van der Waals surface area contributed by atoms with Crippen LogP contribution in [0.1, 0.15) is 90.1 Å². The molecule has 3 aromatic rings. The van der Waals surface area contributed by atoms with Crippen molar-refractivity contribution in [3.63, 3.8) is 0 Å². The number of pyridine rings is 1. The summed E-state index contributed by atoms with van der Waals surface area (Å²) < 4.78 is 13.0. The van der Waals surface area contributed by atoms with Crippen molar-refractivity contribution in [3.8, 4) is 11.5 Å². The van der Waals surface area contributed by atoms with E-state index in [9.17, 15) is 4.79 Å². The molecule has 1 N–H and O–H groups in total. The van der Waals surface area contributed by atoms with Gasteiger partial charge in [0, 0.05) is 29.6 Å². The molecule has 9 heteroatoms. The summed E-state index contributed by atoms with van der Waals surface area (Å²) in [6.45, 7) is 9.32. The average molecular weight is 481 g/mol. The highest BCUT2D eigenvalue weighted by Gasteiger charge is 2.34. The van der Waals surface area contributed by atoms with Gasteiger partial charge in [0.1, 0.15) is 0 Å². The van der Waals surface area contributed by atoms with Crippen LogP contribution >= 0.6 is 0 Å². The highest BCUT2D eigenvalue weighted by molar-refractivity contribution is 5.83. The molecular formula is C26H36N6O3. The van der Waals surface area contributed by atoms with Crippen LogP contribution in [0.3, 0.4) is 0 Å². The van der Waals surface area contributed by atoms with Gasteiger partial charge in [-0.2, -0.15) is 0 Å². The van der Waals surface area contributed by atoms with E-state index in [4.69, 9.17) is 9.47 Å². The lowest BCUT2D eigenvalue weighted by atomic mass is 9.91. The normalized spacial score (nSPS) is 17.4. The molecule has 1 fully saturated rings. The van der Waals surface area contributed by atoms with E-state index in [2.05, 4.69) is 53.1 Å². The summed E-state index contributed by atoms with van der Waals surface area (Å²) in [6.07, 6.45) is 7.87. The van der Waals surface area contributed by atoms with Crippen LogP contribution in [0.25, 0.3) is 10.9 Å². The minimum absolute atomic E-state index is 0.0316. The van der Waals surface area contributed by atoms with Crippen molar-refractivity contribution in [2.75, 3.05) is 6.79 Å². The van der Waals surface area contributed by atoms with Crippen LogP contribution in [-0.4, -0.2) is 42.9 Å². The van der Waals surface area contributed by atoms with Gasteiger partial charge in [0.15, 0.2) is 17.3 Å². The Morgan fingerprint density at radius 1 is 1.14 bits per heavy atom. The van der Waals surface area contributed by atoms with Crippen molar-refractivity contribution in [3.05, 3.63) is 39.9 Å². The average Bonchev–Trinajstić information content (AvgIpc) is 3.50. The fourth-order valence-electron chi connectivity index (χ4n) is 5.46.